The Labute approximate surface area is 154 Å². The minimum Gasteiger partial charge on any atom is -0.297 e. The minimum atomic E-state index is -3.56. The van der Waals surface area contributed by atoms with Crippen LogP contribution in [0.5, 0.6) is 0 Å². The summed E-state index contributed by atoms with van der Waals surface area (Å²) in [5.74, 6) is 0. The van der Waals surface area contributed by atoms with Crippen LogP contribution >= 0.6 is 0 Å². The number of nitrogens with zero attached hydrogens (tertiary/aromatic N) is 2. The highest BCUT2D eigenvalue weighted by molar-refractivity contribution is 7.90. The molecule has 2 aromatic carbocycles. The molecule has 1 aliphatic rings. The maximum absolute atomic E-state index is 12.8. The van der Waals surface area contributed by atoms with Crippen LogP contribution in [0.3, 0.4) is 0 Å². The Kier molecular flexibility index (Phi) is 5.69. The second-order valence-electron chi connectivity index (χ2n) is 6.23. The van der Waals surface area contributed by atoms with E-state index >= 15 is 0 Å². The second kappa shape index (κ2) is 7.98. The molecule has 1 saturated heterocycles. The predicted molar refractivity (Wildman–Crippen MR) is 98.5 cm³/mol. The van der Waals surface area contributed by atoms with Gasteiger partial charge in [0.25, 0.3) is 0 Å². The molecular weight excluding hydrogens is 350 g/mol. The van der Waals surface area contributed by atoms with Gasteiger partial charge in [0.2, 0.25) is 10.0 Å². The topological polar surface area (TPSA) is 82.4 Å². The van der Waals surface area contributed by atoms with Crippen molar-refractivity contribution < 1.29 is 13.3 Å². The lowest BCUT2D eigenvalue weighted by molar-refractivity contribution is -0.110. The molecule has 0 saturated carbocycles. The summed E-state index contributed by atoms with van der Waals surface area (Å²) in [6.07, 6.45) is 0.630. The van der Waals surface area contributed by atoms with Crippen LogP contribution in [0.2, 0.25) is 0 Å². The van der Waals surface area contributed by atoms with Gasteiger partial charge in [0.1, 0.15) is 5.25 Å². The van der Waals surface area contributed by atoms with Crippen molar-refractivity contribution in [1.29, 1.82) is 5.26 Å². The fraction of sp³-hybridized carbons (Fsp3) is 0.316. The molecule has 6 nitrogen and oxygen atoms in total. The predicted octanol–water partition coefficient (Wildman–Crippen LogP) is 2.01. The molecule has 2 unspecified atom stereocenters. The number of benzene rings is 2. The van der Waals surface area contributed by atoms with Crippen molar-refractivity contribution in [3.05, 3.63) is 71.3 Å². The first-order chi connectivity index (χ1) is 12.5. The van der Waals surface area contributed by atoms with Crippen LogP contribution in [0.1, 0.15) is 22.7 Å². The first kappa shape index (κ1) is 18.5. The van der Waals surface area contributed by atoms with Gasteiger partial charge in [-0.2, -0.15) is 10.3 Å². The second-order valence-corrected chi connectivity index (χ2v) is 8.22. The van der Waals surface area contributed by atoms with Gasteiger partial charge in [-0.05, 0) is 29.7 Å². The Morgan fingerprint density at radius 3 is 2.54 bits per heavy atom. The van der Waals surface area contributed by atoms with E-state index < -0.39 is 21.3 Å². The first-order valence-corrected chi connectivity index (χ1v) is 9.94. The number of nitriles is 1. The van der Waals surface area contributed by atoms with Crippen molar-refractivity contribution >= 4 is 10.0 Å². The number of rotatable bonds is 6. The van der Waals surface area contributed by atoms with Crippen LogP contribution < -0.4 is 4.72 Å². The van der Waals surface area contributed by atoms with E-state index in [0.717, 1.165) is 11.1 Å². The van der Waals surface area contributed by atoms with Crippen molar-refractivity contribution in [2.45, 2.75) is 17.7 Å². The smallest absolute Gasteiger partial charge is 0.218 e. The Balaban J connectivity index is 1.71. The van der Waals surface area contributed by atoms with Gasteiger partial charge in [-0.3, -0.25) is 4.84 Å². The van der Waals surface area contributed by atoms with E-state index in [1.807, 2.05) is 30.3 Å². The van der Waals surface area contributed by atoms with E-state index in [1.54, 1.807) is 36.4 Å². The number of sulfonamides is 1. The molecule has 26 heavy (non-hydrogen) atoms. The fourth-order valence-electron chi connectivity index (χ4n) is 3.12. The molecule has 3 rings (SSSR count). The fourth-order valence-corrected chi connectivity index (χ4v) is 4.63. The van der Waals surface area contributed by atoms with E-state index in [2.05, 4.69) is 10.8 Å². The van der Waals surface area contributed by atoms with Crippen molar-refractivity contribution in [1.82, 2.24) is 9.79 Å². The highest BCUT2D eigenvalue weighted by Crippen LogP contribution is 2.33. The van der Waals surface area contributed by atoms with Crippen LogP contribution in [0.4, 0.5) is 0 Å². The van der Waals surface area contributed by atoms with Gasteiger partial charge in [-0.15, -0.1) is 0 Å². The average Bonchev–Trinajstić information content (AvgIpc) is 3.05. The van der Waals surface area contributed by atoms with Crippen molar-refractivity contribution in [2.75, 3.05) is 20.2 Å². The van der Waals surface area contributed by atoms with Crippen molar-refractivity contribution in [3.8, 4) is 6.07 Å². The lowest BCUT2D eigenvalue weighted by Gasteiger charge is -2.23. The van der Waals surface area contributed by atoms with E-state index in [1.165, 1.54) is 0 Å². The summed E-state index contributed by atoms with van der Waals surface area (Å²) in [6, 6.07) is 18.3. The number of nitrogens with one attached hydrogen (secondary N) is 1. The van der Waals surface area contributed by atoms with Gasteiger partial charge in [-0.25, -0.2) is 13.1 Å². The van der Waals surface area contributed by atoms with Gasteiger partial charge in [0.05, 0.1) is 24.3 Å². The molecule has 0 radical (unpaired) electrons. The molecule has 1 heterocycles. The molecular formula is C19H21N3O3S. The van der Waals surface area contributed by atoms with Gasteiger partial charge < -0.3 is 0 Å². The van der Waals surface area contributed by atoms with Crippen LogP contribution in [0.15, 0.2) is 54.6 Å². The first-order valence-electron chi connectivity index (χ1n) is 8.39. The summed E-state index contributed by atoms with van der Waals surface area (Å²) in [4.78, 5) is 5.49. The highest BCUT2D eigenvalue weighted by atomic mass is 32.2. The molecule has 1 aliphatic heterocycles. The van der Waals surface area contributed by atoms with Crippen LogP contribution in [0.25, 0.3) is 0 Å². The molecule has 1 N–H and O–H groups in total. The van der Waals surface area contributed by atoms with E-state index in [-0.39, 0.29) is 6.61 Å². The number of hydrogen-bond donors (Lipinski definition) is 1. The van der Waals surface area contributed by atoms with E-state index in [0.29, 0.717) is 18.5 Å². The summed E-state index contributed by atoms with van der Waals surface area (Å²) in [5, 5.41) is 9.79. The summed E-state index contributed by atoms with van der Waals surface area (Å²) >= 11 is 0. The Morgan fingerprint density at radius 2 is 1.88 bits per heavy atom. The molecule has 0 spiro atoms. The van der Waals surface area contributed by atoms with E-state index in [4.69, 9.17) is 10.1 Å². The maximum Gasteiger partial charge on any atom is 0.218 e. The molecule has 0 aliphatic carbocycles. The number of hydroxylamine groups is 2. The van der Waals surface area contributed by atoms with Crippen molar-refractivity contribution in [3.63, 3.8) is 0 Å². The minimum absolute atomic E-state index is 0.0990. The molecule has 136 valence electrons. The van der Waals surface area contributed by atoms with Crippen LogP contribution in [0, 0.1) is 11.3 Å². The summed E-state index contributed by atoms with van der Waals surface area (Å²) in [7, 11) is -1.83. The summed E-state index contributed by atoms with van der Waals surface area (Å²) < 4.78 is 28.3. The summed E-state index contributed by atoms with van der Waals surface area (Å²) in [6.45, 7) is 0.439. The van der Waals surface area contributed by atoms with Gasteiger partial charge >= 0.3 is 0 Å². The Morgan fingerprint density at radius 1 is 1.19 bits per heavy atom. The van der Waals surface area contributed by atoms with Crippen LogP contribution in [-0.4, -0.2) is 38.9 Å². The molecule has 0 aromatic heterocycles. The monoisotopic (exact) mass is 371 g/mol. The van der Waals surface area contributed by atoms with Gasteiger partial charge in [-0.1, -0.05) is 42.5 Å². The lowest BCUT2D eigenvalue weighted by Crippen LogP contribution is -2.40. The third kappa shape index (κ3) is 4.11. The third-order valence-corrected chi connectivity index (χ3v) is 6.32. The zero-order valence-corrected chi connectivity index (χ0v) is 15.3. The quantitative estimate of drug-likeness (QED) is 0.840. The SMILES string of the molecule is CN1OCC(S(=O)(=O)NCCc2ccccc2)C1c1ccc(C#N)cc1. The summed E-state index contributed by atoms with van der Waals surface area (Å²) in [5.41, 5.74) is 2.43. The number of hydrogen-bond acceptors (Lipinski definition) is 5. The normalized spacial score (nSPS) is 20.8. The van der Waals surface area contributed by atoms with Crippen LogP contribution in [-0.2, 0) is 21.3 Å². The largest absolute Gasteiger partial charge is 0.297 e. The standard InChI is InChI=1S/C19H21N3O3S/c1-22-19(17-9-7-16(13-20)8-10-17)18(14-25-22)26(23,24)21-12-11-15-5-3-2-4-6-15/h2-10,18-19,21H,11-12,14H2,1H3. The lowest BCUT2D eigenvalue weighted by atomic mass is 10.0. The molecule has 0 bridgehead atoms. The molecule has 2 aromatic rings. The van der Waals surface area contributed by atoms with Crippen molar-refractivity contribution in [2.24, 2.45) is 0 Å². The molecule has 2 atom stereocenters. The van der Waals surface area contributed by atoms with Gasteiger partial charge in [0, 0.05) is 13.6 Å². The maximum atomic E-state index is 12.8. The molecule has 7 heteroatoms. The average molecular weight is 371 g/mol. The van der Waals surface area contributed by atoms with Gasteiger partial charge in [0.15, 0.2) is 0 Å². The Hall–Kier alpha value is -2.24. The highest BCUT2D eigenvalue weighted by Gasteiger charge is 2.42. The Bertz CT molecular complexity index is 876. The zero-order chi connectivity index (χ0) is 18.6. The molecule has 1 fully saturated rings. The molecule has 0 amide bonds. The zero-order valence-electron chi connectivity index (χ0n) is 14.5. The third-order valence-electron chi connectivity index (χ3n) is 4.53. The van der Waals surface area contributed by atoms with E-state index in [9.17, 15) is 8.42 Å².